The van der Waals surface area contributed by atoms with Gasteiger partial charge in [-0.05, 0) is 30.3 Å². The number of esters is 1. The van der Waals surface area contributed by atoms with Gasteiger partial charge in [0, 0.05) is 70.5 Å². The number of ether oxygens (including phenoxy) is 1. The van der Waals surface area contributed by atoms with Crippen molar-refractivity contribution in [2.75, 3.05) is 26.2 Å². The molecule has 0 fully saturated rings. The molecular weight excluding hydrogens is 603 g/mol. The van der Waals surface area contributed by atoms with Crippen LogP contribution in [-0.2, 0) is 42.6 Å². The normalized spacial score (nSPS) is 13.2. The Morgan fingerprint density at radius 2 is 1.04 bits per heavy atom. The zero-order chi connectivity index (χ0) is 32.2. The number of cyclic esters (lactones) is 1. The molecule has 0 saturated carbocycles. The number of fused-ring (bicyclic) bond motifs is 1. The molecule has 0 atom stereocenters. The molecule has 0 amide bonds. The number of hydrogen-bond acceptors (Lipinski definition) is 10. The zero-order valence-electron chi connectivity index (χ0n) is 24.0. The minimum absolute atomic E-state index is 0. The molecule has 14 nitrogen and oxygen atoms in total. The second kappa shape index (κ2) is 14.5. The van der Waals surface area contributed by atoms with Crippen LogP contribution in [0.5, 0.6) is 11.5 Å². The monoisotopic (exact) mass is 631 g/mol. The maximum atomic E-state index is 13.2. The molecule has 0 aliphatic carbocycles. The van der Waals surface area contributed by atoms with E-state index in [4.69, 9.17) is 4.74 Å². The average molecular weight is 632 g/mol. The van der Waals surface area contributed by atoms with Gasteiger partial charge in [-0.1, -0.05) is 30.3 Å². The summed E-state index contributed by atoms with van der Waals surface area (Å²) in [6, 6.07) is 14.9. The number of benzene rings is 3. The molecule has 231 valence electrons. The van der Waals surface area contributed by atoms with Gasteiger partial charge in [-0.3, -0.25) is 29.0 Å². The first kappa shape index (κ1) is 35.0. The molecule has 1 aliphatic heterocycles. The standard InChI is InChI=1S/C30H28N2O12.Na/c33-23-7-5-19(9-17(23)11-31(13-25(35)36)14-26(37)38)30(22-4-2-1-3-21(22)29(43)44-30)20-6-8-24(34)18(10-20)12-32(15-27(39)40)16-28(41)42;/h1-10,33-34H,11-16H2,(H,35,36)(H,37,38)(H,39,40)(H,41,42);. The summed E-state index contributed by atoms with van der Waals surface area (Å²) in [5.74, 6) is -6.37. The molecular formula is C30H28N2NaO12. The smallest absolute Gasteiger partial charge is 0.340 e. The molecule has 1 heterocycles. The summed E-state index contributed by atoms with van der Waals surface area (Å²) in [6.45, 7) is -3.12. The predicted octanol–water partition coefficient (Wildman–Crippen LogP) is 1.12. The minimum Gasteiger partial charge on any atom is -0.508 e. The summed E-state index contributed by atoms with van der Waals surface area (Å²) in [7, 11) is 0. The summed E-state index contributed by atoms with van der Waals surface area (Å²) in [4.78, 5) is 60.8. The first-order valence-electron chi connectivity index (χ1n) is 13.1. The number of carbonyl (C=O) groups is 5. The number of hydrogen-bond donors (Lipinski definition) is 6. The van der Waals surface area contributed by atoms with E-state index in [0.717, 1.165) is 9.80 Å². The maximum Gasteiger partial charge on any atom is 0.340 e. The number of phenols is 2. The number of carboxylic acid groups (broad SMARTS) is 4. The third-order valence-electron chi connectivity index (χ3n) is 6.97. The third-order valence-corrected chi connectivity index (χ3v) is 6.97. The van der Waals surface area contributed by atoms with E-state index in [0.29, 0.717) is 16.7 Å². The first-order chi connectivity index (χ1) is 20.8. The molecule has 3 aromatic carbocycles. The Hall–Kier alpha value is -4.47. The van der Waals surface area contributed by atoms with Gasteiger partial charge in [0.25, 0.3) is 0 Å². The molecule has 0 spiro atoms. The van der Waals surface area contributed by atoms with E-state index in [-0.39, 0.29) is 70.8 Å². The van der Waals surface area contributed by atoms with E-state index < -0.39 is 61.6 Å². The molecule has 0 bridgehead atoms. The predicted molar refractivity (Wildman–Crippen MR) is 155 cm³/mol. The number of phenolic OH excluding ortho intramolecular Hbond substituents is 2. The van der Waals surface area contributed by atoms with E-state index in [2.05, 4.69) is 0 Å². The Labute approximate surface area is 278 Å². The van der Waals surface area contributed by atoms with Crippen LogP contribution in [0.15, 0.2) is 60.7 Å². The van der Waals surface area contributed by atoms with Crippen molar-refractivity contribution in [1.82, 2.24) is 9.80 Å². The van der Waals surface area contributed by atoms with Crippen LogP contribution in [0.25, 0.3) is 0 Å². The molecule has 0 unspecified atom stereocenters. The average Bonchev–Trinajstić information content (AvgIpc) is 3.23. The molecule has 3 aromatic rings. The van der Waals surface area contributed by atoms with Crippen LogP contribution >= 0.6 is 0 Å². The molecule has 0 aromatic heterocycles. The van der Waals surface area contributed by atoms with Crippen molar-refractivity contribution in [2.24, 2.45) is 0 Å². The van der Waals surface area contributed by atoms with Crippen LogP contribution in [0, 0.1) is 0 Å². The van der Waals surface area contributed by atoms with Crippen molar-refractivity contribution < 1.29 is 59.3 Å². The van der Waals surface area contributed by atoms with E-state index in [1.807, 2.05) is 0 Å². The molecule has 45 heavy (non-hydrogen) atoms. The van der Waals surface area contributed by atoms with Gasteiger partial charge in [-0.15, -0.1) is 0 Å². The molecule has 1 radical (unpaired) electrons. The number of rotatable bonds is 14. The van der Waals surface area contributed by atoms with Crippen molar-refractivity contribution in [2.45, 2.75) is 18.7 Å². The quantitative estimate of drug-likeness (QED) is 0.108. The van der Waals surface area contributed by atoms with Crippen LogP contribution in [-0.4, -0.2) is 126 Å². The number of aliphatic carboxylic acids is 4. The molecule has 1 aliphatic rings. The Morgan fingerprint density at radius 3 is 1.44 bits per heavy atom. The molecule has 4 rings (SSSR count). The maximum absolute atomic E-state index is 13.2. The summed E-state index contributed by atoms with van der Waals surface area (Å²) in [5, 5.41) is 58.4. The van der Waals surface area contributed by atoms with Gasteiger partial charge in [0.05, 0.1) is 31.7 Å². The van der Waals surface area contributed by atoms with E-state index in [1.165, 1.54) is 36.4 Å². The Balaban J connectivity index is 0.00000552. The first-order valence-corrected chi connectivity index (χ1v) is 13.1. The second-order valence-electron chi connectivity index (χ2n) is 10.2. The summed E-state index contributed by atoms with van der Waals surface area (Å²) >= 11 is 0. The van der Waals surface area contributed by atoms with Gasteiger partial charge in [0.1, 0.15) is 11.5 Å². The Kier molecular flexibility index (Phi) is 11.3. The fourth-order valence-corrected chi connectivity index (χ4v) is 5.26. The molecule has 15 heteroatoms. The van der Waals surface area contributed by atoms with Crippen molar-refractivity contribution in [1.29, 1.82) is 0 Å². The number of nitrogens with zero attached hydrogens (tertiary/aromatic N) is 2. The van der Waals surface area contributed by atoms with Crippen molar-refractivity contribution >= 4 is 59.4 Å². The topological polar surface area (TPSA) is 222 Å². The molecule has 6 N–H and O–H groups in total. The van der Waals surface area contributed by atoms with E-state index in [9.17, 15) is 54.6 Å². The van der Waals surface area contributed by atoms with E-state index >= 15 is 0 Å². The van der Waals surface area contributed by atoms with Crippen LogP contribution in [0.1, 0.15) is 38.2 Å². The number of carbonyl (C=O) groups excluding carboxylic acids is 1. The van der Waals surface area contributed by atoms with Crippen molar-refractivity contribution in [3.05, 3.63) is 94.0 Å². The van der Waals surface area contributed by atoms with E-state index in [1.54, 1.807) is 24.3 Å². The van der Waals surface area contributed by atoms with Crippen LogP contribution in [0.2, 0.25) is 0 Å². The Morgan fingerprint density at radius 1 is 0.644 bits per heavy atom. The van der Waals surface area contributed by atoms with Crippen LogP contribution in [0.3, 0.4) is 0 Å². The van der Waals surface area contributed by atoms with Gasteiger partial charge in [-0.2, -0.15) is 0 Å². The second-order valence-corrected chi connectivity index (χ2v) is 10.2. The minimum atomic E-state index is -1.69. The Bertz CT molecular complexity index is 1520. The molecule has 0 saturated heterocycles. The zero-order valence-corrected chi connectivity index (χ0v) is 26.0. The van der Waals surface area contributed by atoms with Gasteiger partial charge in [0.15, 0.2) is 5.60 Å². The van der Waals surface area contributed by atoms with Crippen LogP contribution in [0.4, 0.5) is 0 Å². The fraction of sp³-hybridized carbons (Fsp3) is 0.233. The van der Waals surface area contributed by atoms with Crippen molar-refractivity contribution in [3.63, 3.8) is 0 Å². The number of carboxylic acids is 4. The van der Waals surface area contributed by atoms with Gasteiger partial charge in [0.2, 0.25) is 0 Å². The fourth-order valence-electron chi connectivity index (χ4n) is 5.26. The van der Waals surface area contributed by atoms with Gasteiger partial charge < -0.3 is 35.4 Å². The van der Waals surface area contributed by atoms with Crippen LogP contribution < -0.4 is 0 Å². The SMILES string of the molecule is O=C(O)CN(CC(=O)O)Cc1cc(C2(c3ccc(O)c(CN(CC(=O)O)CC(=O)O)c3)OC(=O)c3ccccc32)ccc1O.[Na]. The van der Waals surface area contributed by atoms with Gasteiger partial charge >= 0.3 is 29.8 Å². The summed E-state index contributed by atoms with van der Waals surface area (Å²) in [6.07, 6.45) is 0. The number of aromatic hydroxyl groups is 2. The third kappa shape index (κ3) is 7.98. The van der Waals surface area contributed by atoms with Gasteiger partial charge in [-0.25, -0.2) is 4.79 Å². The summed E-state index contributed by atoms with van der Waals surface area (Å²) < 4.78 is 6.04. The largest absolute Gasteiger partial charge is 0.508 e. The summed E-state index contributed by atoms with van der Waals surface area (Å²) in [5.41, 5.74) is -0.228. The van der Waals surface area contributed by atoms with Crippen molar-refractivity contribution in [3.8, 4) is 11.5 Å².